The van der Waals surface area contributed by atoms with Crippen molar-refractivity contribution in [2.75, 3.05) is 0 Å². The third kappa shape index (κ3) is 1.83. The Morgan fingerprint density at radius 1 is 1.23 bits per heavy atom. The SMILES string of the molecule is [O-][NH+]1C=CC(c2ccccc2)N=C1. The largest absolute Gasteiger partial charge is 0.623 e. The van der Waals surface area contributed by atoms with E-state index in [1.54, 1.807) is 6.20 Å². The molecule has 0 saturated carbocycles. The molecule has 13 heavy (non-hydrogen) atoms. The van der Waals surface area contributed by atoms with Gasteiger partial charge < -0.3 is 10.3 Å². The van der Waals surface area contributed by atoms with Crippen molar-refractivity contribution >= 4 is 6.34 Å². The van der Waals surface area contributed by atoms with E-state index < -0.39 is 0 Å². The summed E-state index contributed by atoms with van der Waals surface area (Å²) in [5, 5.41) is 10.8. The number of hydrogen-bond acceptors (Lipinski definition) is 2. The van der Waals surface area contributed by atoms with Gasteiger partial charge in [0.25, 0.3) is 0 Å². The van der Waals surface area contributed by atoms with Crippen molar-refractivity contribution in [2.45, 2.75) is 6.04 Å². The molecule has 66 valence electrons. The maximum atomic E-state index is 10.8. The Labute approximate surface area is 76.6 Å². The molecule has 1 N–H and O–H groups in total. The second-order valence-corrected chi connectivity index (χ2v) is 2.90. The minimum atomic E-state index is -0.0350. The van der Waals surface area contributed by atoms with Crippen molar-refractivity contribution in [3.8, 4) is 0 Å². The maximum Gasteiger partial charge on any atom is 0.189 e. The lowest BCUT2D eigenvalue weighted by atomic mass is 10.1. The average Bonchev–Trinajstić information content (AvgIpc) is 2.20. The Morgan fingerprint density at radius 3 is 2.62 bits per heavy atom. The fourth-order valence-electron chi connectivity index (χ4n) is 1.28. The summed E-state index contributed by atoms with van der Waals surface area (Å²) in [5.74, 6) is 0. The first-order valence-corrected chi connectivity index (χ1v) is 4.16. The molecule has 1 aliphatic rings. The van der Waals surface area contributed by atoms with Gasteiger partial charge in [0.05, 0.1) is 6.20 Å². The molecule has 0 radical (unpaired) electrons. The summed E-state index contributed by atoms with van der Waals surface area (Å²) in [6.45, 7) is 0. The number of hydrogen-bond donors (Lipinski definition) is 1. The highest BCUT2D eigenvalue weighted by molar-refractivity contribution is 5.47. The molecule has 2 unspecified atom stereocenters. The molecule has 0 fully saturated rings. The van der Waals surface area contributed by atoms with Gasteiger partial charge in [0.2, 0.25) is 0 Å². The lowest BCUT2D eigenvalue weighted by Crippen LogP contribution is -3.01. The number of hydroxylamine groups is 2. The van der Waals surface area contributed by atoms with Gasteiger partial charge in [0.1, 0.15) is 6.04 Å². The standard InChI is InChI=1S/C10H10N2O/c13-12-7-6-10(11-8-12)9-4-2-1-3-5-9/h1-8,10,12H. The van der Waals surface area contributed by atoms with Gasteiger partial charge in [0, 0.05) is 0 Å². The lowest BCUT2D eigenvalue weighted by Gasteiger charge is -2.17. The molecular formula is C10H10N2O. The Morgan fingerprint density at radius 2 is 2.00 bits per heavy atom. The van der Waals surface area contributed by atoms with Crippen LogP contribution in [0.4, 0.5) is 0 Å². The summed E-state index contributed by atoms with van der Waals surface area (Å²) in [7, 11) is 0. The number of aliphatic imine (C=N–C) groups is 1. The van der Waals surface area contributed by atoms with E-state index in [1.165, 1.54) is 6.34 Å². The molecule has 3 heteroatoms. The van der Waals surface area contributed by atoms with Gasteiger partial charge in [-0.2, -0.15) is 0 Å². The first-order valence-electron chi connectivity index (χ1n) is 4.16. The van der Waals surface area contributed by atoms with Crippen LogP contribution in [0.3, 0.4) is 0 Å². The van der Waals surface area contributed by atoms with Gasteiger partial charge in [-0.25, -0.2) is 4.99 Å². The first kappa shape index (κ1) is 8.16. The lowest BCUT2D eigenvalue weighted by molar-refractivity contribution is -0.677. The second-order valence-electron chi connectivity index (χ2n) is 2.90. The highest BCUT2D eigenvalue weighted by Crippen LogP contribution is 2.17. The van der Waals surface area contributed by atoms with E-state index in [1.807, 2.05) is 36.4 Å². The van der Waals surface area contributed by atoms with Gasteiger partial charge in [0.15, 0.2) is 6.34 Å². The molecule has 1 aliphatic heterocycles. The van der Waals surface area contributed by atoms with Crippen LogP contribution >= 0.6 is 0 Å². The molecule has 1 heterocycles. The van der Waals surface area contributed by atoms with Crippen molar-refractivity contribution in [1.29, 1.82) is 0 Å². The van der Waals surface area contributed by atoms with Gasteiger partial charge in [-0.05, 0) is 11.6 Å². The zero-order valence-corrected chi connectivity index (χ0v) is 7.05. The van der Waals surface area contributed by atoms with Crippen molar-refractivity contribution in [3.63, 3.8) is 0 Å². The van der Waals surface area contributed by atoms with Gasteiger partial charge in [-0.1, -0.05) is 30.3 Å². The molecule has 0 saturated heterocycles. The van der Waals surface area contributed by atoms with Crippen LogP contribution in [0, 0.1) is 5.21 Å². The average molecular weight is 174 g/mol. The van der Waals surface area contributed by atoms with Crippen LogP contribution in [-0.4, -0.2) is 6.34 Å². The molecule has 2 rings (SSSR count). The summed E-state index contributed by atoms with van der Waals surface area (Å²) >= 11 is 0. The van der Waals surface area contributed by atoms with Crippen molar-refractivity contribution < 1.29 is 5.06 Å². The highest BCUT2D eigenvalue weighted by Gasteiger charge is 2.08. The zero-order chi connectivity index (χ0) is 9.10. The predicted octanol–water partition coefficient (Wildman–Crippen LogP) is 0.666. The van der Waals surface area contributed by atoms with E-state index in [4.69, 9.17) is 0 Å². The first-order chi connectivity index (χ1) is 6.36. The Kier molecular flexibility index (Phi) is 2.21. The van der Waals surface area contributed by atoms with Crippen LogP contribution in [0.25, 0.3) is 0 Å². The minimum absolute atomic E-state index is 0.0129. The molecule has 0 aliphatic carbocycles. The van der Waals surface area contributed by atoms with E-state index in [-0.39, 0.29) is 11.1 Å². The molecule has 1 aromatic rings. The van der Waals surface area contributed by atoms with E-state index >= 15 is 0 Å². The predicted molar refractivity (Wildman–Crippen MR) is 51.1 cm³/mol. The van der Waals surface area contributed by atoms with Crippen LogP contribution in [0.15, 0.2) is 47.6 Å². The molecule has 0 amide bonds. The fourth-order valence-corrected chi connectivity index (χ4v) is 1.28. The molecule has 0 bridgehead atoms. The number of nitrogens with one attached hydrogen (secondary N) is 1. The second kappa shape index (κ2) is 3.51. The quantitative estimate of drug-likeness (QED) is 0.624. The summed E-state index contributed by atoms with van der Waals surface area (Å²) in [5.41, 5.74) is 1.11. The number of quaternary nitrogens is 1. The summed E-state index contributed by atoms with van der Waals surface area (Å²) in [6.07, 6.45) is 4.75. The van der Waals surface area contributed by atoms with Crippen molar-refractivity contribution in [3.05, 3.63) is 53.4 Å². The fraction of sp³-hybridized carbons (Fsp3) is 0.100. The summed E-state index contributed by atoms with van der Waals surface area (Å²) in [6, 6.07) is 9.92. The third-order valence-corrected chi connectivity index (χ3v) is 1.95. The molecule has 3 nitrogen and oxygen atoms in total. The van der Waals surface area contributed by atoms with Crippen LogP contribution in [0.1, 0.15) is 11.6 Å². The molecule has 1 aromatic carbocycles. The van der Waals surface area contributed by atoms with Gasteiger partial charge >= 0.3 is 0 Å². The molecule has 0 aromatic heterocycles. The van der Waals surface area contributed by atoms with Crippen molar-refractivity contribution in [2.24, 2.45) is 4.99 Å². The highest BCUT2D eigenvalue weighted by atomic mass is 16.5. The van der Waals surface area contributed by atoms with Crippen molar-refractivity contribution in [1.82, 2.24) is 0 Å². The number of rotatable bonds is 1. The van der Waals surface area contributed by atoms with Crippen LogP contribution < -0.4 is 5.06 Å². The van der Waals surface area contributed by atoms with Gasteiger partial charge in [-0.15, -0.1) is 0 Å². The topological polar surface area (TPSA) is 39.9 Å². The van der Waals surface area contributed by atoms with Crippen LogP contribution in [0.5, 0.6) is 0 Å². The monoisotopic (exact) mass is 174 g/mol. The van der Waals surface area contributed by atoms with E-state index in [9.17, 15) is 5.21 Å². The molecule has 2 atom stereocenters. The smallest absolute Gasteiger partial charge is 0.189 e. The van der Waals surface area contributed by atoms with Crippen LogP contribution in [0.2, 0.25) is 0 Å². The molecule has 0 spiro atoms. The summed E-state index contributed by atoms with van der Waals surface area (Å²) in [4.78, 5) is 4.12. The Bertz CT molecular complexity index is 318. The maximum absolute atomic E-state index is 10.8. The Hall–Kier alpha value is -1.45. The Balaban J connectivity index is 2.20. The van der Waals surface area contributed by atoms with E-state index in [0.717, 1.165) is 5.56 Å². The summed E-state index contributed by atoms with van der Waals surface area (Å²) < 4.78 is 0. The van der Waals surface area contributed by atoms with E-state index in [0.29, 0.717) is 0 Å². The zero-order valence-electron chi connectivity index (χ0n) is 7.05. The number of benzene rings is 1. The number of nitrogens with zero attached hydrogens (tertiary/aromatic N) is 1. The third-order valence-electron chi connectivity index (χ3n) is 1.95. The van der Waals surface area contributed by atoms with E-state index in [2.05, 4.69) is 4.99 Å². The normalized spacial score (nSPS) is 26.2. The minimum Gasteiger partial charge on any atom is -0.623 e. The van der Waals surface area contributed by atoms with Gasteiger partial charge in [-0.3, -0.25) is 0 Å². The van der Waals surface area contributed by atoms with Crippen LogP contribution in [-0.2, 0) is 0 Å². The molecular weight excluding hydrogens is 164 g/mol.